The van der Waals surface area contributed by atoms with Crippen LogP contribution >= 0.6 is 24.0 Å². The van der Waals surface area contributed by atoms with E-state index in [1.165, 1.54) is 39.6 Å². The molecule has 1 aliphatic carbocycles. The van der Waals surface area contributed by atoms with E-state index in [0.29, 0.717) is 40.5 Å². The van der Waals surface area contributed by atoms with Crippen LogP contribution in [0.15, 0.2) is 34.0 Å². The Morgan fingerprint density at radius 1 is 0.894 bits per heavy atom. The number of thioether (sulfide) groups is 1. The molecule has 0 radical (unpaired) electrons. The van der Waals surface area contributed by atoms with Gasteiger partial charge in [-0.3, -0.25) is 19.2 Å². The quantitative estimate of drug-likeness (QED) is 0.171. The van der Waals surface area contributed by atoms with Crippen molar-refractivity contribution in [2.75, 3.05) is 34.2 Å². The van der Waals surface area contributed by atoms with Crippen molar-refractivity contribution in [3.63, 3.8) is 0 Å². The van der Waals surface area contributed by atoms with Crippen molar-refractivity contribution in [1.82, 2.24) is 10.6 Å². The van der Waals surface area contributed by atoms with E-state index in [1.54, 1.807) is 26.4 Å². The first-order valence-corrected chi connectivity index (χ1v) is 16.3. The topological polar surface area (TPSA) is 157 Å². The Labute approximate surface area is 281 Å². The number of carbonyl (C=O) groups is 3. The van der Waals surface area contributed by atoms with Crippen molar-refractivity contribution < 1.29 is 47.5 Å². The second-order valence-corrected chi connectivity index (χ2v) is 12.0. The fraction of sp³-hybridized carbons (Fsp3) is 0.469. The van der Waals surface area contributed by atoms with Gasteiger partial charge in [0.05, 0.1) is 38.9 Å². The predicted molar refractivity (Wildman–Crippen MR) is 176 cm³/mol. The maximum Gasteiger partial charge on any atom is 0.303 e. The molecule has 2 aromatic carbocycles. The first kappa shape index (κ1) is 35.8. The van der Waals surface area contributed by atoms with E-state index in [4.69, 9.17) is 45.4 Å². The fourth-order valence-corrected chi connectivity index (χ4v) is 6.53. The van der Waals surface area contributed by atoms with Crippen molar-refractivity contribution in [3.05, 3.63) is 45.6 Å². The number of nitrogens with one attached hydrogen (secondary N) is 2. The number of esters is 3. The van der Waals surface area contributed by atoms with E-state index < -0.39 is 48.5 Å². The zero-order valence-corrected chi connectivity index (χ0v) is 28.8. The average Bonchev–Trinajstić information content (AvgIpc) is 3.26. The third-order valence-corrected chi connectivity index (χ3v) is 8.66. The molecule has 47 heavy (non-hydrogen) atoms. The van der Waals surface area contributed by atoms with Gasteiger partial charge in [0, 0.05) is 26.3 Å². The van der Waals surface area contributed by atoms with Crippen molar-refractivity contribution in [1.29, 1.82) is 0 Å². The molecule has 254 valence electrons. The van der Waals surface area contributed by atoms with Gasteiger partial charge in [-0.2, -0.15) is 0 Å². The van der Waals surface area contributed by atoms with Gasteiger partial charge in [0.15, 0.2) is 46.6 Å². The largest absolute Gasteiger partial charge is 0.493 e. The van der Waals surface area contributed by atoms with Crippen LogP contribution in [-0.2, 0) is 39.8 Å². The Kier molecular flexibility index (Phi) is 11.9. The van der Waals surface area contributed by atoms with Crippen LogP contribution in [0.4, 0.5) is 0 Å². The van der Waals surface area contributed by atoms with Gasteiger partial charge in [-0.05, 0) is 66.2 Å². The zero-order valence-electron chi connectivity index (χ0n) is 27.1. The molecule has 15 heteroatoms. The summed E-state index contributed by atoms with van der Waals surface area (Å²) in [5, 5.41) is 6.42. The third kappa shape index (κ3) is 8.08. The van der Waals surface area contributed by atoms with E-state index in [-0.39, 0.29) is 17.1 Å². The first-order chi connectivity index (χ1) is 22.4. The van der Waals surface area contributed by atoms with Crippen molar-refractivity contribution in [2.45, 2.75) is 69.1 Å². The molecular weight excluding hydrogens is 652 g/mol. The van der Waals surface area contributed by atoms with E-state index in [9.17, 15) is 19.2 Å². The van der Waals surface area contributed by atoms with Crippen LogP contribution in [0.1, 0.15) is 44.4 Å². The summed E-state index contributed by atoms with van der Waals surface area (Å²) in [7, 11) is 4.63. The molecular formula is C32H38N2O11S2. The summed E-state index contributed by atoms with van der Waals surface area (Å²) >= 11 is 7.06. The molecule has 0 amide bonds. The molecule has 1 fully saturated rings. The summed E-state index contributed by atoms with van der Waals surface area (Å²) in [5.41, 5.74) is 2.91. The van der Waals surface area contributed by atoms with Crippen LogP contribution in [0.5, 0.6) is 17.2 Å². The van der Waals surface area contributed by atoms with Gasteiger partial charge in [0.1, 0.15) is 0 Å². The molecule has 5 atom stereocenters. The standard InChI is InChI=1S/C32H38N2O11S2/c1-15(35)43-24-14-42-31(30(45-17(3)37)28(24)44-16(2)36)34-32(46)33-21-10-8-18-12-23(39-4)27(40-5)29(41-6)26(18)19-9-11-25(47-7)22(38)13-20(19)21/h9,11-13,21,24,28,30-31H,8,10,14H2,1-7H3,(H2,33,34,46). The number of methoxy groups -OCH3 is 3. The minimum absolute atomic E-state index is 0.104. The summed E-state index contributed by atoms with van der Waals surface area (Å²) in [5.74, 6) is -0.593. The molecule has 2 aliphatic rings. The van der Waals surface area contributed by atoms with Crippen LogP contribution in [-0.4, -0.2) is 81.8 Å². The number of hydrogen-bond acceptors (Lipinski definition) is 13. The predicted octanol–water partition coefficient (Wildman–Crippen LogP) is 3.06. The smallest absolute Gasteiger partial charge is 0.303 e. The number of carbonyl (C=O) groups excluding carboxylic acids is 3. The molecule has 13 nitrogen and oxygen atoms in total. The third-order valence-electron chi connectivity index (χ3n) is 7.65. The minimum Gasteiger partial charge on any atom is -0.493 e. The van der Waals surface area contributed by atoms with Gasteiger partial charge in [0.2, 0.25) is 5.75 Å². The monoisotopic (exact) mass is 690 g/mol. The normalized spacial score (nSPS) is 21.5. The fourth-order valence-electron chi connectivity index (χ4n) is 5.81. The minimum atomic E-state index is -1.22. The molecule has 0 spiro atoms. The molecule has 1 heterocycles. The number of hydrogen-bond donors (Lipinski definition) is 2. The summed E-state index contributed by atoms with van der Waals surface area (Å²) < 4.78 is 39.3. The van der Waals surface area contributed by atoms with E-state index in [0.717, 1.165) is 16.7 Å². The summed E-state index contributed by atoms with van der Waals surface area (Å²) in [6.45, 7) is 3.41. The number of rotatable bonds is 9. The molecule has 1 aliphatic heterocycles. The second kappa shape index (κ2) is 15.7. The zero-order chi connectivity index (χ0) is 34.4. The van der Waals surface area contributed by atoms with Gasteiger partial charge in [-0.15, -0.1) is 11.8 Å². The number of benzene rings is 1. The lowest BCUT2D eigenvalue weighted by Gasteiger charge is -2.41. The Bertz CT molecular complexity index is 1600. The van der Waals surface area contributed by atoms with Gasteiger partial charge in [-0.1, -0.05) is 6.07 Å². The van der Waals surface area contributed by atoms with E-state index in [2.05, 4.69) is 10.6 Å². The highest BCUT2D eigenvalue weighted by Gasteiger charge is 2.47. The van der Waals surface area contributed by atoms with Crippen LogP contribution < -0.4 is 30.3 Å². The van der Waals surface area contributed by atoms with Gasteiger partial charge >= 0.3 is 17.9 Å². The maximum atomic E-state index is 13.3. The van der Waals surface area contributed by atoms with Crippen LogP contribution in [0.3, 0.4) is 0 Å². The molecule has 4 rings (SSSR count). The summed E-state index contributed by atoms with van der Waals surface area (Å²) in [4.78, 5) is 49.7. The number of ether oxygens (including phenoxy) is 7. The highest BCUT2D eigenvalue weighted by atomic mass is 32.2. The van der Waals surface area contributed by atoms with E-state index in [1.807, 2.05) is 18.4 Å². The summed E-state index contributed by atoms with van der Waals surface area (Å²) in [6.07, 6.45) is -1.64. The Hall–Kier alpha value is -4.08. The lowest BCUT2D eigenvalue weighted by molar-refractivity contribution is -0.227. The molecule has 0 bridgehead atoms. The lowest BCUT2D eigenvalue weighted by Crippen LogP contribution is -2.63. The van der Waals surface area contributed by atoms with Crippen LogP contribution in [0.2, 0.25) is 0 Å². The van der Waals surface area contributed by atoms with Crippen molar-refractivity contribution in [3.8, 4) is 28.4 Å². The Morgan fingerprint density at radius 2 is 1.55 bits per heavy atom. The van der Waals surface area contributed by atoms with Gasteiger partial charge in [0.25, 0.3) is 0 Å². The molecule has 1 saturated heterocycles. The van der Waals surface area contributed by atoms with Crippen molar-refractivity contribution in [2.24, 2.45) is 0 Å². The van der Waals surface area contributed by atoms with Crippen LogP contribution in [0, 0.1) is 0 Å². The lowest BCUT2D eigenvalue weighted by atomic mass is 9.95. The van der Waals surface area contributed by atoms with E-state index >= 15 is 0 Å². The van der Waals surface area contributed by atoms with Crippen LogP contribution in [0.25, 0.3) is 11.1 Å². The average molecular weight is 691 g/mol. The second-order valence-electron chi connectivity index (χ2n) is 10.7. The highest BCUT2D eigenvalue weighted by molar-refractivity contribution is 7.98. The number of fused-ring (bicyclic) bond motifs is 3. The molecule has 0 aromatic heterocycles. The van der Waals surface area contributed by atoms with Crippen molar-refractivity contribution >= 4 is 47.0 Å². The molecule has 0 saturated carbocycles. The first-order valence-electron chi connectivity index (χ1n) is 14.7. The molecule has 2 N–H and O–H groups in total. The SMILES string of the molecule is COc1cc2c(c(OC)c1OC)-c1ccc(SC)c(=O)cc1C(NC(=S)NC1OCC(OC(C)=O)C(OC(C)=O)C1OC(C)=O)CC2. The molecule has 5 unspecified atom stereocenters. The van der Waals surface area contributed by atoms with Gasteiger partial charge in [-0.25, -0.2) is 0 Å². The summed E-state index contributed by atoms with van der Waals surface area (Å²) in [6, 6.07) is 6.66. The molecule has 2 aromatic rings. The van der Waals surface area contributed by atoms with Gasteiger partial charge < -0.3 is 43.8 Å². The Balaban J connectivity index is 1.72. The number of aryl methyl sites for hydroxylation is 1. The number of thiocarbonyl (C=S) groups is 1. The highest BCUT2D eigenvalue weighted by Crippen LogP contribution is 2.50. The Morgan fingerprint density at radius 3 is 2.15 bits per heavy atom. The maximum absolute atomic E-state index is 13.3.